The molecule has 9 heteroatoms. The van der Waals surface area contributed by atoms with Crippen LogP contribution in [0.15, 0.2) is 30.9 Å². The highest BCUT2D eigenvalue weighted by Crippen LogP contribution is 2.27. The van der Waals surface area contributed by atoms with Crippen LogP contribution in [-0.4, -0.2) is 20.8 Å². The molecule has 1 heterocycles. The van der Waals surface area contributed by atoms with E-state index in [0.29, 0.717) is 0 Å². The summed E-state index contributed by atoms with van der Waals surface area (Å²) in [5, 5.41) is 13.0. The summed E-state index contributed by atoms with van der Waals surface area (Å²) in [6, 6.07) is 1.71. The average Bonchev–Trinajstić information content (AvgIpc) is 2.39. The highest BCUT2D eigenvalue weighted by Gasteiger charge is 2.23. The summed E-state index contributed by atoms with van der Waals surface area (Å²) < 4.78 is 13.7. The number of nitrogens with zero attached hydrogens (tertiary/aromatic N) is 3. The van der Waals surface area contributed by atoms with E-state index in [9.17, 15) is 19.3 Å². The molecule has 0 aliphatic rings. The minimum absolute atomic E-state index is 0.211. The van der Waals surface area contributed by atoms with Crippen molar-refractivity contribution < 1.29 is 14.1 Å². The second kappa shape index (κ2) is 5.26. The lowest BCUT2D eigenvalue weighted by Crippen LogP contribution is -2.17. The highest BCUT2D eigenvalue weighted by molar-refractivity contribution is 6.09. The topological polar surface area (TPSA) is 124 Å². The predicted octanol–water partition coefficient (Wildman–Crippen LogP) is 1.36. The zero-order chi connectivity index (χ0) is 14.7. The number of halogens is 1. The van der Waals surface area contributed by atoms with Gasteiger partial charge < -0.3 is 11.1 Å². The van der Waals surface area contributed by atoms with E-state index in [1.54, 1.807) is 0 Å². The van der Waals surface area contributed by atoms with Gasteiger partial charge in [-0.2, -0.15) is 0 Å². The van der Waals surface area contributed by atoms with E-state index < -0.39 is 33.6 Å². The number of nitrogen functional groups attached to an aromatic ring is 1. The van der Waals surface area contributed by atoms with E-state index in [1.165, 1.54) is 18.7 Å². The van der Waals surface area contributed by atoms with Crippen LogP contribution in [0.3, 0.4) is 0 Å². The van der Waals surface area contributed by atoms with E-state index in [2.05, 4.69) is 15.3 Å². The van der Waals surface area contributed by atoms with Gasteiger partial charge in [-0.3, -0.25) is 14.9 Å². The van der Waals surface area contributed by atoms with Crippen LogP contribution in [0.2, 0.25) is 0 Å². The van der Waals surface area contributed by atoms with Gasteiger partial charge in [0, 0.05) is 6.07 Å². The van der Waals surface area contributed by atoms with Crippen LogP contribution in [0.1, 0.15) is 10.4 Å². The maximum Gasteiger partial charge on any atom is 0.293 e. The summed E-state index contributed by atoms with van der Waals surface area (Å²) in [4.78, 5) is 29.2. The molecule has 0 atom stereocenters. The first-order valence-electron chi connectivity index (χ1n) is 5.29. The van der Waals surface area contributed by atoms with Crippen molar-refractivity contribution in [1.29, 1.82) is 0 Å². The van der Waals surface area contributed by atoms with Gasteiger partial charge in [-0.1, -0.05) is 0 Å². The Balaban J connectivity index is 2.39. The van der Waals surface area contributed by atoms with Gasteiger partial charge in [-0.25, -0.2) is 14.4 Å². The van der Waals surface area contributed by atoms with Gasteiger partial charge in [-0.05, 0) is 6.07 Å². The number of nitrogens with one attached hydrogen (secondary N) is 1. The Bertz CT molecular complexity index is 677. The smallest absolute Gasteiger partial charge is 0.293 e. The van der Waals surface area contributed by atoms with Crippen molar-refractivity contribution in [2.24, 2.45) is 0 Å². The number of hydrogen-bond donors (Lipinski definition) is 2. The summed E-state index contributed by atoms with van der Waals surface area (Å²) in [5.41, 5.74) is 4.00. The molecule has 8 nitrogen and oxygen atoms in total. The first-order chi connectivity index (χ1) is 9.50. The van der Waals surface area contributed by atoms with Crippen LogP contribution in [0, 0.1) is 15.9 Å². The minimum Gasteiger partial charge on any atom is -0.392 e. The molecule has 2 aromatic rings. The van der Waals surface area contributed by atoms with Gasteiger partial charge in [-0.15, -0.1) is 0 Å². The number of rotatable bonds is 3. The zero-order valence-electron chi connectivity index (χ0n) is 9.91. The number of amides is 1. The van der Waals surface area contributed by atoms with Crippen molar-refractivity contribution in [3.05, 3.63) is 52.3 Å². The van der Waals surface area contributed by atoms with Gasteiger partial charge in [0.2, 0.25) is 0 Å². The van der Waals surface area contributed by atoms with Crippen LogP contribution in [0.25, 0.3) is 0 Å². The summed E-state index contributed by atoms with van der Waals surface area (Å²) in [6.45, 7) is 0. The van der Waals surface area contributed by atoms with Crippen molar-refractivity contribution in [3.63, 3.8) is 0 Å². The average molecular weight is 277 g/mol. The van der Waals surface area contributed by atoms with E-state index in [4.69, 9.17) is 5.73 Å². The minimum atomic E-state index is -0.956. The van der Waals surface area contributed by atoms with Crippen molar-refractivity contribution >= 4 is 23.0 Å². The Hall–Kier alpha value is -3.10. The fraction of sp³-hybridized carbons (Fsp3) is 0. The van der Waals surface area contributed by atoms with Crippen LogP contribution in [-0.2, 0) is 0 Å². The molecule has 0 spiro atoms. The molecule has 1 aromatic heterocycles. The molecule has 1 amide bonds. The highest BCUT2D eigenvalue weighted by atomic mass is 19.1. The van der Waals surface area contributed by atoms with Gasteiger partial charge >= 0.3 is 0 Å². The third kappa shape index (κ3) is 2.51. The lowest BCUT2D eigenvalue weighted by Gasteiger charge is -2.08. The number of nitrogens with two attached hydrogens (primary N) is 1. The van der Waals surface area contributed by atoms with Crippen molar-refractivity contribution in [1.82, 2.24) is 9.97 Å². The van der Waals surface area contributed by atoms with E-state index in [-0.39, 0.29) is 5.69 Å². The quantitative estimate of drug-likeness (QED) is 0.495. The van der Waals surface area contributed by atoms with Gasteiger partial charge in [0.25, 0.3) is 11.6 Å². The van der Waals surface area contributed by atoms with Crippen LogP contribution in [0.5, 0.6) is 0 Å². The maximum atomic E-state index is 13.7. The van der Waals surface area contributed by atoms with Gasteiger partial charge in [0.05, 0.1) is 23.0 Å². The van der Waals surface area contributed by atoms with Gasteiger partial charge in [0.15, 0.2) is 0 Å². The predicted molar refractivity (Wildman–Crippen MR) is 67.5 cm³/mol. The number of anilines is 2. The standard InChI is InChI=1S/C11H8FN5O3/c12-7-1-2-8(17(19)20)10(13)9(7)11(18)16-6-3-14-5-15-4-6/h1-5H,13H2,(H,16,18). The first kappa shape index (κ1) is 13.3. The monoisotopic (exact) mass is 277 g/mol. The molecule has 2 rings (SSSR count). The molecule has 0 aliphatic heterocycles. The molecule has 20 heavy (non-hydrogen) atoms. The van der Waals surface area contributed by atoms with Crippen molar-refractivity contribution in [2.75, 3.05) is 11.1 Å². The Morgan fingerprint density at radius 1 is 1.35 bits per heavy atom. The number of hydrogen-bond acceptors (Lipinski definition) is 6. The molecule has 3 N–H and O–H groups in total. The number of benzene rings is 1. The summed E-state index contributed by atoms with van der Waals surface area (Å²) in [5.74, 6) is -1.87. The van der Waals surface area contributed by atoms with Crippen LogP contribution < -0.4 is 11.1 Å². The summed E-state index contributed by atoms with van der Waals surface area (Å²) >= 11 is 0. The largest absolute Gasteiger partial charge is 0.392 e. The lowest BCUT2D eigenvalue weighted by atomic mass is 10.1. The molecule has 0 bridgehead atoms. The van der Waals surface area contributed by atoms with Crippen LogP contribution >= 0.6 is 0 Å². The molecular formula is C11H8FN5O3. The second-order valence-electron chi connectivity index (χ2n) is 3.69. The Morgan fingerprint density at radius 2 is 2.00 bits per heavy atom. The van der Waals surface area contributed by atoms with E-state index in [1.807, 2.05) is 0 Å². The molecule has 0 saturated carbocycles. The zero-order valence-corrected chi connectivity index (χ0v) is 9.91. The number of carbonyl (C=O) groups is 1. The number of carbonyl (C=O) groups excluding carboxylic acids is 1. The molecule has 0 radical (unpaired) electrons. The summed E-state index contributed by atoms with van der Waals surface area (Å²) in [6.07, 6.45) is 3.82. The number of nitro benzene ring substituents is 1. The Morgan fingerprint density at radius 3 is 2.60 bits per heavy atom. The Labute approximate surface area is 111 Å². The first-order valence-corrected chi connectivity index (χ1v) is 5.29. The fourth-order valence-corrected chi connectivity index (χ4v) is 1.53. The number of nitro groups is 1. The second-order valence-corrected chi connectivity index (χ2v) is 3.69. The molecule has 0 fully saturated rings. The third-order valence-corrected chi connectivity index (χ3v) is 2.41. The molecule has 0 aliphatic carbocycles. The molecule has 0 saturated heterocycles. The summed E-state index contributed by atoms with van der Waals surface area (Å²) in [7, 11) is 0. The molecule has 0 unspecified atom stereocenters. The van der Waals surface area contributed by atoms with Crippen LogP contribution in [0.4, 0.5) is 21.5 Å². The maximum absolute atomic E-state index is 13.7. The normalized spacial score (nSPS) is 10.1. The number of aromatic nitrogens is 2. The van der Waals surface area contributed by atoms with Crippen molar-refractivity contribution in [3.8, 4) is 0 Å². The van der Waals surface area contributed by atoms with E-state index in [0.717, 1.165) is 12.1 Å². The Kier molecular flexibility index (Phi) is 3.51. The van der Waals surface area contributed by atoms with Gasteiger partial charge in [0.1, 0.15) is 23.4 Å². The van der Waals surface area contributed by atoms with Crippen molar-refractivity contribution in [2.45, 2.75) is 0 Å². The lowest BCUT2D eigenvalue weighted by molar-refractivity contribution is -0.384. The SMILES string of the molecule is Nc1c([N+](=O)[O-])ccc(F)c1C(=O)Nc1cncnc1. The molecule has 1 aromatic carbocycles. The third-order valence-electron chi connectivity index (χ3n) is 2.41. The fourth-order valence-electron chi connectivity index (χ4n) is 1.53. The molecule has 102 valence electrons. The van der Waals surface area contributed by atoms with E-state index >= 15 is 0 Å². The molecular weight excluding hydrogens is 269 g/mol.